The second-order valence-corrected chi connectivity index (χ2v) is 12.9. The van der Waals surface area contributed by atoms with E-state index in [0.29, 0.717) is 29.2 Å². The van der Waals surface area contributed by atoms with E-state index in [0.717, 1.165) is 17.2 Å². The third kappa shape index (κ3) is 9.96. The monoisotopic (exact) mass is 618 g/mol. The molecule has 10 nitrogen and oxygen atoms in total. The van der Waals surface area contributed by atoms with Crippen LogP contribution in [0.25, 0.3) is 10.8 Å². The summed E-state index contributed by atoms with van der Waals surface area (Å²) < 4.78 is 5.37. The molecule has 5 N–H and O–H groups in total. The molecule has 0 heterocycles. The van der Waals surface area contributed by atoms with Crippen molar-refractivity contribution in [3.05, 3.63) is 71.8 Å². The molecule has 0 radical (unpaired) electrons. The second-order valence-electron chi connectivity index (χ2n) is 12.9. The van der Waals surface area contributed by atoms with Crippen molar-refractivity contribution in [3.63, 3.8) is 0 Å². The number of anilines is 1. The summed E-state index contributed by atoms with van der Waals surface area (Å²) in [7, 11) is 0. The number of nitrogens with zero attached hydrogens (tertiary/aromatic N) is 1. The van der Waals surface area contributed by atoms with Gasteiger partial charge in [-0.2, -0.15) is 0 Å². The highest BCUT2D eigenvalue weighted by atomic mass is 16.6. The van der Waals surface area contributed by atoms with Gasteiger partial charge in [0.2, 0.25) is 11.8 Å². The standard InChI is InChI=1S/C35H46N4O6/c1-21(2)12-13-23(4)39(33(43)28(20-30(36)41)38-34(44)45-35(5,6)7)31(26-15-17-29(40)22(3)18-26)32(42)37-27-16-14-24-10-8-9-11-25(24)19-27/h8-11,14-19,21,23,28,31,40H,12-13,20H2,1-7H3,(H2,36,41)(H,37,42)(H,38,44). The first kappa shape index (κ1) is 34.9. The lowest BCUT2D eigenvalue weighted by Crippen LogP contribution is -2.55. The van der Waals surface area contributed by atoms with E-state index in [4.69, 9.17) is 10.5 Å². The normalized spacial score (nSPS) is 13.5. The first-order chi connectivity index (χ1) is 21.1. The van der Waals surface area contributed by atoms with E-state index >= 15 is 0 Å². The number of benzene rings is 3. The maximum Gasteiger partial charge on any atom is 0.408 e. The molecular formula is C35H46N4O6. The van der Waals surface area contributed by atoms with Gasteiger partial charge in [-0.25, -0.2) is 4.79 Å². The summed E-state index contributed by atoms with van der Waals surface area (Å²) in [5.41, 5.74) is 6.16. The van der Waals surface area contributed by atoms with Crippen molar-refractivity contribution in [3.8, 4) is 5.75 Å². The Labute approximate surface area is 265 Å². The number of carbonyl (C=O) groups excluding carboxylic acids is 4. The highest BCUT2D eigenvalue weighted by molar-refractivity contribution is 6.01. The molecule has 0 aliphatic rings. The maximum absolute atomic E-state index is 14.5. The van der Waals surface area contributed by atoms with Crippen LogP contribution in [0.5, 0.6) is 5.75 Å². The Kier molecular flexibility index (Phi) is 11.6. The third-order valence-corrected chi connectivity index (χ3v) is 7.37. The van der Waals surface area contributed by atoms with Crippen LogP contribution < -0.4 is 16.4 Å². The van der Waals surface area contributed by atoms with E-state index in [1.165, 1.54) is 11.0 Å². The van der Waals surface area contributed by atoms with Crippen LogP contribution in [0.15, 0.2) is 60.7 Å². The fourth-order valence-corrected chi connectivity index (χ4v) is 5.11. The van der Waals surface area contributed by atoms with Crippen molar-refractivity contribution < 1.29 is 29.0 Å². The molecule has 0 bridgehead atoms. The van der Waals surface area contributed by atoms with Crippen LogP contribution in [0.4, 0.5) is 10.5 Å². The SMILES string of the molecule is Cc1cc(C(C(=O)Nc2ccc3ccccc3c2)N(C(=O)C(CC(N)=O)NC(=O)OC(C)(C)C)C(C)CCC(C)C)ccc1O. The Morgan fingerprint density at radius 1 is 0.933 bits per heavy atom. The molecule has 3 aromatic carbocycles. The average molecular weight is 619 g/mol. The van der Waals surface area contributed by atoms with Gasteiger partial charge in [0.25, 0.3) is 5.91 Å². The number of phenols is 1. The minimum Gasteiger partial charge on any atom is -0.508 e. The highest BCUT2D eigenvalue weighted by Crippen LogP contribution is 2.32. The zero-order chi connectivity index (χ0) is 33.5. The topological polar surface area (TPSA) is 151 Å². The van der Waals surface area contributed by atoms with Crippen LogP contribution in [0.1, 0.15) is 78.0 Å². The van der Waals surface area contributed by atoms with Crippen LogP contribution in [0, 0.1) is 12.8 Å². The predicted molar refractivity (Wildman–Crippen MR) is 176 cm³/mol. The van der Waals surface area contributed by atoms with E-state index in [-0.39, 0.29) is 5.75 Å². The maximum atomic E-state index is 14.5. The van der Waals surface area contributed by atoms with Crippen LogP contribution in [0.2, 0.25) is 0 Å². The molecule has 0 aliphatic heterocycles. The highest BCUT2D eigenvalue weighted by Gasteiger charge is 2.39. The number of phenolic OH excluding ortho intramolecular Hbond substituents is 1. The molecule has 3 unspecified atom stereocenters. The average Bonchev–Trinajstić information content (AvgIpc) is 2.94. The minimum absolute atomic E-state index is 0.0383. The number of primary amides is 1. The van der Waals surface area contributed by atoms with Crippen LogP contribution in [-0.4, -0.2) is 51.5 Å². The first-order valence-corrected chi connectivity index (χ1v) is 15.2. The summed E-state index contributed by atoms with van der Waals surface area (Å²) >= 11 is 0. The largest absolute Gasteiger partial charge is 0.508 e. The number of carbonyl (C=O) groups is 4. The van der Waals surface area contributed by atoms with Crippen molar-refractivity contribution in [2.24, 2.45) is 11.7 Å². The van der Waals surface area contributed by atoms with E-state index in [2.05, 4.69) is 24.5 Å². The number of rotatable bonds is 12. The van der Waals surface area contributed by atoms with E-state index in [1.54, 1.807) is 45.9 Å². The van der Waals surface area contributed by atoms with Crippen molar-refractivity contribution in [2.75, 3.05) is 5.32 Å². The zero-order valence-electron chi connectivity index (χ0n) is 27.2. The van der Waals surface area contributed by atoms with Crippen molar-refractivity contribution in [1.82, 2.24) is 10.2 Å². The van der Waals surface area contributed by atoms with Crippen LogP contribution >= 0.6 is 0 Å². The zero-order valence-corrected chi connectivity index (χ0v) is 27.2. The summed E-state index contributed by atoms with van der Waals surface area (Å²) in [5.74, 6) is -1.63. The lowest BCUT2D eigenvalue weighted by atomic mass is 9.95. The number of alkyl carbamates (subject to hydrolysis) is 1. The molecule has 3 rings (SSSR count). The number of hydrogen-bond acceptors (Lipinski definition) is 6. The van der Waals surface area contributed by atoms with Gasteiger partial charge in [-0.1, -0.05) is 50.2 Å². The van der Waals surface area contributed by atoms with Gasteiger partial charge in [0.05, 0.1) is 6.42 Å². The van der Waals surface area contributed by atoms with Gasteiger partial charge in [-0.15, -0.1) is 0 Å². The molecule has 45 heavy (non-hydrogen) atoms. The molecule has 10 heteroatoms. The smallest absolute Gasteiger partial charge is 0.408 e. The summed E-state index contributed by atoms with van der Waals surface area (Å²) in [4.78, 5) is 55.2. The molecule has 0 saturated carbocycles. The van der Waals surface area contributed by atoms with Crippen molar-refractivity contribution >= 4 is 40.3 Å². The summed E-state index contributed by atoms with van der Waals surface area (Å²) in [5, 5.41) is 17.7. The van der Waals surface area contributed by atoms with Gasteiger partial charge < -0.3 is 31.1 Å². The van der Waals surface area contributed by atoms with Gasteiger partial charge in [-0.05, 0) is 99.5 Å². The van der Waals surface area contributed by atoms with E-state index in [9.17, 15) is 24.3 Å². The Bertz CT molecular complexity index is 1530. The van der Waals surface area contributed by atoms with Gasteiger partial charge >= 0.3 is 6.09 Å². The fraction of sp³-hybridized carbons (Fsp3) is 0.429. The van der Waals surface area contributed by atoms with E-state index in [1.807, 2.05) is 43.3 Å². The molecule has 0 saturated heterocycles. The van der Waals surface area contributed by atoms with Crippen LogP contribution in [-0.2, 0) is 19.1 Å². The molecular weight excluding hydrogens is 572 g/mol. The minimum atomic E-state index is -1.40. The van der Waals surface area contributed by atoms with Gasteiger partial charge in [0.15, 0.2) is 0 Å². The molecule has 0 fully saturated rings. The number of nitrogens with one attached hydrogen (secondary N) is 2. The summed E-state index contributed by atoms with van der Waals surface area (Å²) in [6.07, 6.45) is -0.109. The molecule has 0 aromatic heterocycles. The summed E-state index contributed by atoms with van der Waals surface area (Å²) in [6.45, 7) is 12.7. The fourth-order valence-electron chi connectivity index (χ4n) is 5.11. The molecule has 242 valence electrons. The number of amides is 4. The number of hydrogen-bond donors (Lipinski definition) is 4. The van der Waals surface area contributed by atoms with Crippen molar-refractivity contribution in [1.29, 1.82) is 0 Å². The first-order valence-electron chi connectivity index (χ1n) is 15.2. The van der Waals surface area contributed by atoms with Gasteiger partial charge in [0, 0.05) is 11.7 Å². The lowest BCUT2D eigenvalue weighted by Gasteiger charge is -2.38. The molecule has 4 amide bonds. The number of aryl methyl sites for hydroxylation is 1. The number of nitrogens with two attached hydrogens (primary N) is 1. The van der Waals surface area contributed by atoms with E-state index < -0.39 is 54.0 Å². The molecule has 3 aromatic rings. The van der Waals surface area contributed by atoms with Gasteiger partial charge in [0.1, 0.15) is 23.4 Å². The third-order valence-electron chi connectivity index (χ3n) is 7.37. The Hall–Kier alpha value is -4.60. The van der Waals surface area contributed by atoms with Crippen molar-refractivity contribution in [2.45, 2.75) is 91.5 Å². The number of fused-ring (bicyclic) bond motifs is 1. The Balaban J connectivity index is 2.13. The predicted octanol–water partition coefficient (Wildman–Crippen LogP) is 5.96. The second kappa shape index (κ2) is 14.9. The molecule has 3 atom stereocenters. The lowest BCUT2D eigenvalue weighted by molar-refractivity contribution is -0.144. The quantitative estimate of drug-likeness (QED) is 0.197. The Morgan fingerprint density at radius 2 is 1.60 bits per heavy atom. The Morgan fingerprint density at radius 3 is 2.20 bits per heavy atom. The van der Waals surface area contributed by atoms with Gasteiger partial charge in [-0.3, -0.25) is 14.4 Å². The summed E-state index contributed by atoms with van der Waals surface area (Å²) in [6, 6.07) is 14.9. The molecule has 0 spiro atoms. The van der Waals surface area contributed by atoms with Crippen LogP contribution in [0.3, 0.4) is 0 Å². The molecule has 0 aliphatic carbocycles. The number of aromatic hydroxyl groups is 1. The number of ether oxygens (including phenoxy) is 1.